The van der Waals surface area contributed by atoms with E-state index in [1.54, 1.807) is 0 Å². The molecule has 1 aliphatic rings. The molecule has 1 saturated carbocycles. The first kappa shape index (κ1) is 11.0. The number of aliphatic hydroxyl groups is 1. The van der Waals surface area contributed by atoms with E-state index in [1.807, 2.05) is 7.05 Å². The fraction of sp³-hybridized carbons (Fsp3) is 1.00. The third-order valence-electron chi connectivity index (χ3n) is 3.41. The minimum atomic E-state index is -0.136. The van der Waals surface area contributed by atoms with Crippen molar-refractivity contribution < 1.29 is 5.11 Å². The Morgan fingerprint density at radius 3 is 2.31 bits per heavy atom. The molecule has 78 valence electrons. The summed E-state index contributed by atoms with van der Waals surface area (Å²) in [6, 6.07) is 0.304. The summed E-state index contributed by atoms with van der Waals surface area (Å²) < 4.78 is 0. The van der Waals surface area contributed by atoms with Gasteiger partial charge < -0.3 is 10.4 Å². The van der Waals surface area contributed by atoms with Crippen molar-refractivity contribution in [3.63, 3.8) is 0 Å². The smallest absolute Gasteiger partial charge is 0.0693 e. The summed E-state index contributed by atoms with van der Waals surface area (Å²) in [6.45, 7) is 6.88. The first-order valence-corrected chi connectivity index (χ1v) is 5.30. The van der Waals surface area contributed by atoms with Crippen LogP contribution in [0, 0.1) is 11.3 Å². The zero-order valence-electron chi connectivity index (χ0n) is 9.30. The summed E-state index contributed by atoms with van der Waals surface area (Å²) >= 11 is 0. The van der Waals surface area contributed by atoms with E-state index in [-0.39, 0.29) is 6.10 Å². The van der Waals surface area contributed by atoms with Crippen LogP contribution in [0.4, 0.5) is 0 Å². The summed E-state index contributed by atoms with van der Waals surface area (Å²) in [5.41, 5.74) is 0.384. The first-order valence-electron chi connectivity index (χ1n) is 5.30. The molecular weight excluding hydrogens is 162 g/mol. The van der Waals surface area contributed by atoms with Crippen LogP contribution in [0.5, 0.6) is 0 Å². The van der Waals surface area contributed by atoms with Gasteiger partial charge in [0.25, 0.3) is 0 Å². The van der Waals surface area contributed by atoms with Gasteiger partial charge in [0.05, 0.1) is 6.10 Å². The van der Waals surface area contributed by atoms with Gasteiger partial charge in [0.1, 0.15) is 0 Å². The average molecular weight is 185 g/mol. The van der Waals surface area contributed by atoms with Crippen molar-refractivity contribution in [1.82, 2.24) is 5.32 Å². The lowest BCUT2D eigenvalue weighted by molar-refractivity contribution is 0.0425. The number of aliphatic hydroxyl groups excluding tert-OH is 1. The first-order chi connectivity index (χ1) is 5.95. The molecule has 0 aliphatic heterocycles. The minimum absolute atomic E-state index is 0.136. The minimum Gasteiger partial charge on any atom is -0.392 e. The summed E-state index contributed by atoms with van der Waals surface area (Å²) in [6.07, 6.45) is 3.10. The molecule has 0 saturated heterocycles. The van der Waals surface area contributed by atoms with E-state index >= 15 is 0 Å². The van der Waals surface area contributed by atoms with Gasteiger partial charge in [-0.1, -0.05) is 20.8 Å². The second-order valence-corrected chi connectivity index (χ2v) is 5.34. The summed E-state index contributed by atoms with van der Waals surface area (Å²) in [7, 11) is 1.94. The Morgan fingerprint density at radius 1 is 1.23 bits per heavy atom. The number of rotatable bonds is 1. The lowest BCUT2D eigenvalue weighted by atomic mass is 9.70. The maximum absolute atomic E-state index is 9.69. The standard InChI is InChI=1S/C11H23NO/c1-11(2,3)8-5-6-10(13)9(7-8)12-4/h8-10,12-13H,5-7H2,1-4H3/t8-,9-,10-/m0/s1. The Balaban J connectivity index is 2.55. The van der Waals surface area contributed by atoms with Gasteiger partial charge in [0, 0.05) is 6.04 Å². The van der Waals surface area contributed by atoms with Crippen molar-refractivity contribution in [2.24, 2.45) is 11.3 Å². The van der Waals surface area contributed by atoms with Gasteiger partial charge in [-0.2, -0.15) is 0 Å². The largest absolute Gasteiger partial charge is 0.392 e. The van der Waals surface area contributed by atoms with E-state index in [9.17, 15) is 5.11 Å². The van der Waals surface area contributed by atoms with Gasteiger partial charge in [0.15, 0.2) is 0 Å². The molecule has 0 radical (unpaired) electrons. The average Bonchev–Trinajstić information content (AvgIpc) is 2.03. The predicted octanol–water partition coefficient (Wildman–Crippen LogP) is 1.78. The van der Waals surface area contributed by atoms with Crippen molar-refractivity contribution in [2.45, 2.75) is 52.2 Å². The summed E-state index contributed by atoms with van der Waals surface area (Å²) in [5.74, 6) is 0.744. The van der Waals surface area contributed by atoms with Crippen LogP contribution < -0.4 is 5.32 Å². The topological polar surface area (TPSA) is 32.3 Å². The molecule has 0 spiro atoms. The molecule has 0 unspecified atom stereocenters. The molecule has 1 rings (SSSR count). The normalized spacial score (nSPS) is 36.2. The van der Waals surface area contributed by atoms with E-state index in [4.69, 9.17) is 0 Å². The van der Waals surface area contributed by atoms with Crippen molar-refractivity contribution in [1.29, 1.82) is 0 Å². The Bertz CT molecular complexity index is 162. The van der Waals surface area contributed by atoms with Crippen molar-refractivity contribution in [3.8, 4) is 0 Å². The second kappa shape index (κ2) is 3.97. The van der Waals surface area contributed by atoms with Gasteiger partial charge in [0.2, 0.25) is 0 Å². The van der Waals surface area contributed by atoms with Gasteiger partial charge in [-0.05, 0) is 37.6 Å². The van der Waals surface area contributed by atoms with E-state index in [2.05, 4.69) is 26.1 Å². The van der Waals surface area contributed by atoms with Crippen LogP contribution in [0.2, 0.25) is 0 Å². The number of hydrogen-bond acceptors (Lipinski definition) is 2. The molecule has 0 aromatic carbocycles. The molecular formula is C11H23NO. The molecule has 1 fully saturated rings. The van der Waals surface area contributed by atoms with Crippen molar-refractivity contribution in [3.05, 3.63) is 0 Å². The molecule has 13 heavy (non-hydrogen) atoms. The second-order valence-electron chi connectivity index (χ2n) is 5.34. The van der Waals surface area contributed by atoms with Crippen LogP contribution in [0.3, 0.4) is 0 Å². The molecule has 1 aliphatic carbocycles. The fourth-order valence-electron chi connectivity index (χ4n) is 2.25. The molecule has 2 heteroatoms. The van der Waals surface area contributed by atoms with E-state index in [1.165, 1.54) is 6.42 Å². The van der Waals surface area contributed by atoms with Gasteiger partial charge in [-0.3, -0.25) is 0 Å². The van der Waals surface area contributed by atoms with E-state index in [0.29, 0.717) is 11.5 Å². The van der Waals surface area contributed by atoms with Gasteiger partial charge in [-0.25, -0.2) is 0 Å². The Labute approximate surface area is 81.7 Å². The van der Waals surface area contributed by atoms with Crippen LogP contribution >= 0.6 is 0 Å². The molecule has 0 heterocycles. The number of nitrogens with one attached hydrogen (secondary N) is 1. The lowest BCUT2D eigenvalue weighted by Crippen LogP contribution is -2.45. The van der Waals surface area contributed by atoms with Crippen LogP contribution in [0.15, 0.2) is 0 Å². The molecule has 0 aromatic heterocycles. The third kappa shape index (κ3) is 2.68. The van der Waals surface area contributed by atoms with Crippen LogP contribution in [0.25, 0.3) is 0 Å². The molecule has 2 nitrogen and oxygen atoms in total. The van der Waals surface area contributed by atoms with Crippen molar-refractivity contribution in [2.75, 3.05) is 7.05 Å². The van der Waals surface area contributed by atoms with E-state index in [0.717, 1.165) is 18.8 Å². The molecule has 0 amide bonds. The fourth-order valence-corrected chi connectivity index (χ4v) is 2.25. The Hall–Kier alpha value is -0.0800. The Kier molecular flexibility index (Phi) is 3.36. The summed E-state index contributed by atoms with van der Waals surface area (Å²) in [4.78, 5) is 0. The van der Waals surface area contributed by atoms with Crippen LogP contribution in [0.1, 0.15) is 40.0 Å². The molecule has 3 atom stereocenters. The SMILES string of the molecule is CN[C@H]1C[C@@H](C(C)(C)C)CC[C@@H]1O. The monoisotopic (exact) mass is 185 g/mol. The number of hydrogen-bond donors (Lipinski definition) is 2. The molecule has 2 N–H and O–H groups in total. The van der Waals surface area contributed by atoms with E-state index < -0.39 is 0 Å². The maximum atomic E-state index is 9.69. The lowest BCUT2D eigenvalue weighted by Gasteiger charge is -2.40. The molecule has 0 bridgehead atoms. The highest BCUT2D eigenvalue weighted by atomic mass is 16.3. The summed E-state index contributed by atoms with van der Waals surface area (Å²) in [5, 5.41) is 12.9. The van der Waals surface area contributed by atoms with Crippen LogP contribution in [-0.2, 0) is 0 Å². The predicted molar refractivity (Wildman–Crippen MR) is 55.7 cm³/mol. The van der Waals surface area contributed by atoms with Gasteiger partial charge >= 0.3 is 0 Å². The van der Waals surface area contributed by atoms with Crippen LogP contribution in [-0.4, -0.2) is 24.3 Å². The zero-order valence-corrected chi connectivity index (χ0v) is 9.30. The zero-order chi connectivity index (χ0) is 10.1. The highest BCUT2D eigenvalue weighted by Gasteiger charge is 2.34. The highest BCUT2D eigenvalue weighted by Crippen LogP contribution is 2.37. The van der Waals surface area contributed by atoms with Gasteiger partial charge in [-0.15, -0.1) is 0 Å². The highest BCUT2D eigenvalue weighted by molar-refractivity contribution is 4.88. The molecule has 0 aromatic rings. The quantitative estimate of drug-likeness (QED) is 0.652. The maximum Gasteiger partial charge on any atom is 0.0693 e. The third-order valence-corrected chi connectivity index (χ3v) is 3.41. The van der Waals surface area contributed by atoms with Crippen molar-refractivity contribution >= 4 is 0 Å². The Morgan fingerprint density at radius 2 is 1.85 bits per heavy atom. The number of likely N-dealkylation sites (N-methyl/N-ethyl adjacent to an activating group) is 1.